The van der Waals surface area contributed by atoms with E-state index in [9.17, 15) is 4.79 Å². The number of carbonyl (C=O) groups is 1. The topological polar surface area (TPSA) is 50.4 Å². The molecule has 0 aliphatic carbocycles. The number of ether oxygens (including phenoxy) is 1. The fourth-order valence-corrected chi connectivity index (χ4v) is 2.05. The Morgan fingerprint density at radius 2 is 2.36 bits per heavy atom. The van der Waals surface area contributed by atoms with Crippen LogP contribution in [-0.2, 0) is 9.53 Å². The Bertz CT molecular complexity index is 216. The first kappa shape index (κ1) is 9.93. The van der Waals surface area contributed by atoms with Gasteiger partial charge in [0.05, 0.1) is 18.1 Å². The summed E-state index contributed by atoms with van der Waals surface area (Å²) in [5.74, 6) is 0.265. The van der Waals surface area contributed by atoms with E-state index in [2.05, 4.69) is 17.6 Å². The van der Waals surface area contributed by atoms with Gasteiger partial charge in [-0.25, -0.2) is 0 Å². The van der Waals surface area contributed by atoms with Crippen LogP contribution in [0.5, 0.6) is 0 Å². The van der Waals surface area contributed by atoms with Gasteiger partial charge in [-0.3, -0.25) is 4.79 Å². The Morgan fingerprint density at radius 1 is 1.57 bits per heavy atom. The highest BCUT2D eigenvalue weighted by Crippen LogP contribution is 2.23. The number of amides is 1. The third kappa shape index (κ3) is 1.91. The van der Waals surface area contributed by atoms with Crippen molar-refractivity contribution in [3.63, 3.8) is 0 Å². The molecular formula is C10H18N2O2. The minimum absolute atomic E-state index is 0.0839. The van der Waals surface area contributed by atoms with E-state index in [1.807, 2.05) is 0 Å². The van der Waals surface area contributed by atoms with E-state index in [-0.39, 0.29) is 17.9 Å². The first-order chi connectivity index (χ1) is 6.81. The Labute approximate surface area is 84.4 Å². The predicted octanol–water partition coefficient (Wildman–Crippen LogP) is -0.110. The molecule has 4 nitrogen and oxygen atoms in total. The number of carbonyl (C=O) groups excluding carboxylic acids is 1. The van der Waals surface area contributed by atoms with Crippen molar-refractivity contribution in [3.8, 4) is 0 Å². The van der Waals surface area contributed by atoms with Gasteiger partial charge in [0.25, 0.3) is 0 Å². The summed E-state index contributed by atoms with van der Waals surface area (Å²) in [7, 11) is 0. The Hall–Kier alpha value is -0.610. The largest absolute Gasteiger partial charge is 0.377 e. The van der Waals surface area contributed by atoms with Crippen LogP contribution in [0, 0.1) is 5.92 Å². The molecule has 2 rings (SSSR count). The zero-order valence-electron chi connectivity index (χ0n) is 8.58. The SMILES string of the molecule is CCC1OCCC1C(=O)NC1CNC1. The van der Waals surface area contributed by atoms with Crippen molar-refractivity contribution in [2.75, 3.05) is 19.7 Å². The summed E-state index contributed by atoms with van der Waals surface area (Å²) >= 11 is 0. The minimum Gasteiger partial charge on any atom is -0.377 e. The molecule has 2 N–H and O–H groups in total. The maximum absolute atomic E-state index is 11.8. The molecule has 2 aliphatic heterocycles. The molecule has 0 aromatic carbocycles. The van der Waals surface area contributed by atoms with Crippen LogP contribution in [0.3, 0.4) is 0 Å². The third-order valence-electron chi connectivity index (χ3n) is 3.08. The van der Waals surface area contributed by atoms with Crippen LogP contribution in [0.15, 0.2) is 0 Å². The summed E-state index contributed by atoms with van der Waals surface area (Å²) in [4.78, 5) is 11.8. The second-order valence-electron chi connectivity index (χ2n) is 4.08. The molecule has 80 valence electrons. The van der Waals surface area contributed by atoms with Crippen molar-refractivity contribution in [1.29, 1.82) is 0 Å². The lowest BCUT2D eigenvalue weighted by atomic mass is 9.98. The normalized spacial score (nSPS) is 32.6. The number of rotatable bonds is 3. The molecule has 14 heavy (non-hydrogen) atoms. The molecule has 2 atom stereocenters. The quantitative estimate of drug-likeness (QED) is 0.665. The van der Waals surface area contributed by atoms with E-state index in [1.54, 1.807) is 0 Å². The fourth-order valence-electron chi connectivity index (χ4n) is 2.05. The van der Waals surface area contributed by atoms with Crippen LogP contribution < -0.4 is 10.6 Å². The summed E-state index contributed by atoms with van der Waals surface area (Å²) in [6.07, 6.45) is 1.95. The maximum atomic E-state index is 11.8. The molecule has 0 radical (unpaired) electrons. The summed E-state index contributed by atoms with van der Waals surface area (Å²) in [6, 6.07) is 0.348. The van der Waals surface area contributed by atoms with Crippen LogP contribution in [0.2, 0.25) is 0 Å². The van der Waals surface area contributed by atoms with Crippen molar-refractivity contribution in [2.24, 2.45) is 5.92 Å². The number of hydrogen-bond donors (Lipinski definition) is 2. The van der Waals surface area contributed by atoms with Crippen LogP contribution in [0.4, 0.5) is 0 Å². The highest BCUT2D eigenvalue weighted by Gasteiger charge is 2.34. The van der Waals surface area contributed by atoms with Crippen molar-refractivity contribution >= 4 is 5.91 Å². The van der Waals surface area contributed by atoms with Gasteiger partial charge in [0, 0.05) is 19.7 Å². The molecular weight excluding hydrogens is 180 g/mol. The Morgan fingerprint density at radius 3 is 2.93 bits per heavy atom. The molecule has 2 aliphatic rings. The Balaban J connectivity index is 1.83. The van der Waals surface area contributed by atoms with Crippen LogP contribution in [-0.4, -0.2) is 37.7 Å². The van der Waals surface area contributed by atoms with Crippen molar-refractivity contribution in [1.82, 2.24) is 10.6 Å². The standard InChI is InChI=1S/C10H18N2O2/c1-2-9-8(3-4-14-9)10(13)12-7-5-11-6-7/h7-9,11H,2-6H2,1H3,(H,12,13). The molecule has 0 bridgehead atoms. The monoisotopic (exact) mass is 198 g/mol. The first-order valence-corrected chi connectivity index (χ1v) is 5.44. The molecule has 0 spiro atoms. The molecule has 2 saturated heterocycles. The van der Waals surface area contributed by atoms with Crippen LogP contribution in [0.1, 0.15) is 19.8 Å². The van der Waals surface area contributed by atoms with E-state index in [1.165, 1.54) is 0 Å². The van der Waals surface area contributed by atoms with E-state index < -0.39 is 0 Å². The Kier molecular flexibility index (Phi) is 3.03. The molecule has 2 fully saturated rings. The zero-order valence-corrected chi connectivity index (χ0v) is 8.58. The number of hydrogen-bond acceptors (Lipinski definition) is 3. The summed E-state index contributed by atoms with van der Waals surface area (Å²) in [5.41, 5.74) is 0. The minimum atomic E-state index is 0.0839. The average Bonchev–Trinajstić information content (AvgIpc) is 2.58. The van der Waals surface area contributed by atoms with Gasteiger partial charge in [0.15, 0.2) is 0 Å². The van der Waals surface area contributed by atoms with Crippen LogP contribution in [0.25, 0.3) is 0 Å². The highest BCUT2D eigenvalue weighted by molar-refractivity contribution is 5.80. The lowest BCUT2D eigenvalue weighted by Crippen LogP contribution is -2.58. The molecule has 2 heterocycles. The van der Waals surface area contributed by atoms with E-state index in [0.29, 0.717) is 6.04 Å². The molecule has 0 aromatic rings. The van der Waals surface area contributed by atoms with Crippen molar-refractivity contribution in [3.05, 3.63) is 0 Å². The molecule has 1 amide bonds. The lowest BCUT2D eigenvalue weighted by Gasteiger charge is -2.29. The fraction of sp³-hybridized carbons (Fsp3) is 0.900. The van der Waals surface area contributed by atoms with E-state index in [0.717, 1.165) is 32.5 Å². The van der Waals surface area contributed by atoms with Gasteiger partial charge >= 0.3 is 0 Å². The molecule has 4 heteroatoms. The molecule has 0 aromatic heterocycles. The van der Waals surface area contributed by atoms with Gasteiger partial charge in [0.2, 0.25) is 5.91 Å². The van der Waals surface area contributed by atoms with Crippen molar-refractivity contribution in [2.45, 2.75) is 31.9 Å². The maximum Gasteiger partial charge on any atom is 0.226 e. The summed E-state index contributed by atoms with van der Waals surface area (Å²) in [6.45, 7) is 4.63. The zero-order chi connectivity index (χ0) is 9.97. The van der Waals surface area contributed by atoms with Gasteiger partial charge in [-0.05, 0) is 12.8 Å². The second kappa shape index (κ2) is 4.28. The van der Waals surface area contributed by atoms with Crippen LogP contribution >= 0.6 is 0 Å². The predicted molar refractivity (Wildman–Crippen MR) is 52.9 cm³/mol. The van der Waals surface area contributed by atoms with Gasteiger partial charge in [-0.2, -0.15) is 0 Å². The van der Waals surface area contributed by atoms with Gasteiger partial charge in [0.1, 0.15) is 0 Å². The molecule has 2 unspecified atom stereocenters. The highest BCUT2D eigenvalue weighted by atomic mass is 16.5. The average molecular weight is 198 g/mol. The number of nitrogens with one attached hydrogen (secondary N) is 2. The van der Waals surface area contributed by atoms with Gasteiger partial charge < -0.3 is 15.4 Å². The third-order valence-corrected chi connectivity index (χ3v) is 3.08. The lowest BCUT2D eigenvalue weighted by molar-refractivity contribution is -0.127. The first-order valence-electron chi connectivity index (χ1n) is 5.44. The smallest absolute Gasteiger partial charge is 0.226 e. The summed E-state index contributed by atoms with van der Waals surface area (Å²) in [5, 5.41) is 6.18. The molecule has 0 saturated carbocycles. The second-order valence-corrected chi connectivity index (χ2v) is 4.08. The van der Waals surface area contributed by atoms with E-state index in [4.69, 9.17) is 4.74 Å². The van der Waals surface area contributed by atoms with Crippen molar-refractivity contribution < 1.29 is 9.53 Å². The summed E-state index contributed by atoms with van der Waals surface area (Å²) < 4.78 is 5.49. The van der Waals surface area contributed by atoms with E-state index >= 15 is 0 Å². The van der Waals surface area contributed by atoms with Gasteiger partial charge in [-0.15, -0.1) is 0 Å². The van der Waals surface area contributed by atoms with Gasteiger partial charge in [-0.1, -0.05) is 6.92 Å².